The van der Waals surface area contributed by atoms with Crippen LogP contribution in [0, 0.1) is 13.8 Å². The monoisotopic (exact) mass is 208 g/mol. The van der Waals surface area contributed by atoms with Gasteiger partial charge in [-0.05, 0) is 31.0 Å². The van der Waals surface area contributed by atoms with Crippen molar-refractivity contribution in [1.82, 2.24) is 0 Å². The van der Waals surface area contributed by atoms with Gasteiger partial charge >= 0.3 is 5.97 Å². The SMILES string of the molecule is COC(=O)c1cc(C)c(C)c(C=O)c1O. The fourth-order valence-corrected chi connectivity index (χ4v) is 1.34. The second-order valence-corrected chi connectivity index (χ2v) is 3.24. The third-order valence-corrected chi connectivity index (χ3v) is 2.39. The molecular weight excluding hydrogens is 196 g/mol. The zero-order valence-electron chi connectivity index (χ0n) is 8.83. The summed E-state index contributed by atoms with van der Waals surface area (Å²) in [4.78, 5) is 22.0. The van der Waals surface area contributed by atoms with E-state index in [1.807, 2.05) is 0 Å². The molecule has 0 unspecified atom stereocenters. The van der Waals surface area contributed by atoms with Gasteiger partial charge < -0.3 is 9.84 Å². The van der Waals surface area contributed by atoms with Crippen molar-refractivity contribution in [2.75, 3.05) is 7.11 Å². The van der Waals surface area contributed by atoms with Crippen molar-refractivity contribution in [2.45, 2.75) is 13.8 Å². The summed E-state index contributed by atoms with van der Waals surface area (Å²) in [6, 6.07) is 1.50. The van der Waals surface area contributed by atoms with Gasteiger partial charge in [0.2, 0.25) is 0 Å². The molecule has 0 saturated carbocycles. The van der Waals surface area contributed by atoms with Gasteiger partial charge in [0.1, 0.15) is 11.3 Å². The normalized spacial score (nSPS) is 9.80. The van der Waals surface area contributed by atoms with Crippen molar-refractivity contribution in [3.63, 3.8) is 0 Å². The van der Waals surface area contributed by atoms with Crippen molar-refractivity contribution >= 4 is 12.3 Å². The van der Waals surface area contributed by atoms with Crippen LogP contribution in [-0.2, 0) is 4.74 Å². The molecule has 4 heteroatoms. The number of benzene rings is 1. The number of aldehydes is 1. The van der Waals surface area contributed by atoms with Crippen molar-refractivity contribution in [1.29, 1.82) is 0 Å². The van der Waals surface area contributed by atoms with Crippen LogP contribution >= 0.6 is 0 Å². The van der Waals surface area contributed by atoms with Gasteiger partial charge in [0.05, 0.1) is 12.7 Å². The summed E-state index contributed by atoms with van der Waals surface area (Å²) < 4.78 is 4.50. The maximum atomic E-state index is 11.3. The maximum absolute atomic E-state index is 11.3. The van der Waals surface area contributed by atoms with Crippen molar-refractivity contribution < 1.29 is 19.4 Å². The topological polar surface area (TPSA) is 63.6 Å². The molecule has 0 aliphatic rings. The highest BCUT2D eigenvalue weighted by Crippen LogP contribution is 2.27. The molecule has 0 heterocycles. The van der Waals surface area contributed by atoms with Crippen molar-refractivity contribution in [3.8, 4) is 5.75 Å². The van der Waals surface area contributed by atoms with Crippen molar-refractivity contribution in [3.05, 3.63) is 28.3 Å². The highest BCUT2D eigenvalue weighted by molar-refractivity contribution is 5.97. The quantitative estimate of drug-likeness (QED) is 0.592. The van der Waals surface area contributed by atoms with Crippen molar-refractivity contribution in [2.24, 2.45) is 0 Å². The number of carbonyl (C=O) groups excluding carboxylic acids is 2. The lowest BCUT2D eigenvalue weighted by Gasteiger charge is -2.10. The van der Waals surface area contributed by atoms with E-state index in [9.17, 15) is 14.7 Å². The molecule has 0 fully saturated rings. The van der Waals surface area contributed by atoms with Crippen LogP contribution in [0.2, 0.25) is 0 Å². The molecule has 0 saturated heterocycles. The number of aryl methyl sites for hydroxylation is 1. The first kappa shape index (κ1) is 11.2. The molecule has 4 nitrogen and oxygen atoms in total. The van der Waals surface area contributed by atoms with Crippen LogP contribution in [0.25, 0.3) is 0 Å². The standard InChI is InChI=1S/C11H12O4/c1-6-4-8(11(14)15-3)10(13)9(5-12)7(6)2/h4-5,13H,1-3H3. The molecule has 1 N–H and O–H groups in total. The number of rotatable bonds is 2. The van der Waals surface area contributed by atoms with Gasteiger partial charge in [-0.15, -0.1) is 0 Å². The van der Waals surface area contributed by atoms with E-state index in [2.05, 4.69) is 4.74 Å². The first-order valence-corrected chi connectivity index (χ1v) is 4.39. The fourth-order valence-electron chi connectivity index (χ4n) is 1.34. The summed E-state index contributed by atoms with van der Waals surface area (Å²) in [7, 11) is 1.22. The summed E-state index contributed by atoms with van der Waals surface area (Å²) in [6.07, 6.45) is 0.532. The molecular formula is C11H12O4. The van der Waals surface area contributed by atoms with E-state index in [-0.39, 0.29) is 16.9 Å². The van der Waals surface area contributed by atoms with E-state index >= 15 is 0 Å². The number of phenols is 1. The number of aromatic hydroxyl groups is 1. The summed E-state index contributed by atoms with van der Waals surface area (Å²) in [5.74, 6) is -0.973. The molecule has 0 aromatic heterocycles. The lowest BCUT2D eigenvalue weighted by Crippen LogP contribution is -2.05. The molecule has 15 heavy (non-hydrogen) atoms. The van der Waals surface area contributed by atoms with Gasteiger partial charge in [-0.1, -0.05) is 0 Å². The minimum Gasteiger partial charge on any atom is -0.506 e. The van der Waals surface area contributed by atoms with E-state index in [0.29, 0.717) is 11.8 Å². The molecule has 0 bridgehead atoms. The van der Waals surface area contributed by atoms with Gasteiger partial charge in [-0.2, -0.15) is 0 Å². The Hall–Kier alpha value is -1.84. The van der Waals surface area contributed by atoms with E-state index in [4.69, 9.17) is 0 Å². The predicted molar refractivity (Wildman–Crippen MR) is 54.3 cm³/mol. The van der Waals surface area contributed by atoms with E-state index < -0.39 is 5.97 Å². The Morgan fingerprint density at radius 1 is 1.47 bits per heavy atom. The van der Waals surface area contributed by atoms with Gasteiger partial charge in [0.25, 0.3) is 0 Å². The van der Waals surface area contributed by atoms with Gasteiger partial charge in [0, 0.05) is 0 Å². The van der Waals surface area contributed by atoms with Crippen LogP contribution in [-0.4, -0.2) is 24.5 Å². The summed E-state index contributed by atoms with van der Waals surface area (Å²) in [5, 5.41) is 9.66. The van der Waals surface area contributed by atoms with Gasteiger partial charge in [0.15, 0.2) is 6.29 Å². The predicted octanol–water partition coefficient (Wildman–Crippen LogP) is 1.61. The van der Waals surface area contributed by atoms with Crippen LogP contribution in [0.15, 0.2) is 6.07 Å². The number of esters is 1. The first-order chi connectivity index (χ1) is 7.02. The molecule has 80 valence electrons. The zero-order valence-corrected chi connectivity index (χ0v) is 8.83. The molecule has 0 radical (unpaired) electrons. The van der Waals surface area contributed by atoms with Gasteiger partial charge in [-0.3, -0.25) is 4.79 Å². The Morgan fingerprint density at radius 2 is 2.07 bits per heavy atom. The lowest BCUT2D eigenvalue weighted by atomic mass is 9.99. The fraction of sp³-hybridized carbons (Fsp3) is 0.273. The largest absolute Gasteiger partial charge is 0.506 e. The van der Waals surface area contributed by atoms with E-state index in [1.165, 1.54) is 13.2 Å². The molecule has 1 rings (SSSR count). The smallest absolute Gasteiger partial charge is 0.341 e. The first-order valence-electron chi connectivity index (χ1n) is 4.39. The van der Waals surface area contributed by atoms with Crippen LogP contribution in [0.3, 0.4) is 0 Å². The van der Waals surface area contributed by atoms with E-state index in [0.717, 1.165) is 5.56 Å². The molecule has 0 spiro atoms. The Bertz CT molecular complexity index is 421. The number of hydrogen-bond acceptors (Lipinski definition) is 4. The number of phenolic OH excluding ortho intramolecular Hbond substituents is 1. The van der Waals surface area contributed by atoms with Crippen LogP contribution in [0.1, 0.15) is 31.8 Å². The summed E-state index contributed by atoms with van der Waals surface area (Å²) in [5.41, 5.74) is 1.57. The average molecular weight is 208 g/mol. The number of carbonyl (C=O) groups is 2. The van der Waals surface area contributed by atoms with Crippen LogP contribution in [0.5, 0.6) is 5.75 Å². The van der Waals surface area contributed by atoms with Crippen LogP contribution in [0.4, 0.5) is 0 Å². The highest BCUT2D eigenvalue weighted by atomic mass is 16.5. The number of hydrogen-bond donors (Lipinski definition) is 1. The Labute approximate surface area is 87.5 Å². The van der Waals surface area contributed by atoms with E-state index in [1.54, 1.807) is 13.8 Å². The number of methoxy groups -OCH3 is 1. The third-order valence-electron chi connectivity index (χ3n) is 2.39. The average Bonchev–Trinajstić information content (AvgIpc) is 2.23. The molecule has 0 aliphatic heterocycles. The summed E-state index contributed by atoms with van der Waals surface area (Å²) >= 11 is 0. The second kappa shape index (κ2) is 4.13. The Kier molecular flexibility index (Phi) is 3.09. The van der Waals surface area contributed by atoms with Gasteiger partial charge in [-0.25, -0.2) is 4.79 Å². The highest BCUT2D eigenvalue weighted by Gasteiger charge is 2.18. The lowest BCUT2D eigenvalue weighted by molar-refractivity contribution is 0.0597. The molecule has 0 atom stereocenters. The molecule has 0 amide bonds. The minimum absolute atomic E-state index is 0.0164. The maximum Gasteiger partial charge on any atom is 0.341 e. The molecule has 0 aliphatic carbocycles. The summed E-state index contributed by atoms with van der Waals surface area (Å²) in [6.45, 7) is 3.47. The molecule has 1 aromatic rings. The minimum atomic E-state index is -0.654. The molecule has 1 aromatic carbocycles. The third kappa shape index (κ3) is 1.83. The number of ether oxygens (including phenoxy) is 1. The Morgan fingerprint density at radius 3 is 2.53 bits per heavy atom. The Balaban J connectivity index is 3.50. The van der Waals surface area contributed by atoms with Crippen LogP contribution < -0.4 is 0 Å². The zero-order chi connectivity index (χ0) is 11.6. The second-order valence-electron chi connectivity index (χ2n) is 3.24.